The Hall–Kier alpha value is -1.000. The third kappa shape index (κ3) is 5.24. The van der Waals surface area contributed by atoms with E-state index in [2.05, 4.69) is 47.5 Å². The van der Waals surface area contributed by atoms with E-state index in [1.54, 1.807) is 17.4 Å². The van der Waals surface area contributed by atoms with E-state index in [9.17, 15) is 5.11 Å². The predicted molar refractivity (Wildman–Crippen MR) is 120 cm³/mol. The fraction of sp³-hybridized carbons (Fsp3) is 0.353. The Morgan fingerprint density at radius 1 is 1.28 bits per heavy atom. The van der Waals surface area contributed by atoms with Gasteiger partial charge in [-0.25, -0.2) is 0 Å². The second-order valence-electron chi connectivity index (χ2n) is 5.59. The number of nitrogens with zero attached hydrogens (tertiary/aromatic N) is 3. The summed E-state index contributed by atoms with van der Waals surface area (Å²) in [5.41, 5.74) is 0.906. The lowest BCUT2D eigenvalue weighted by Crippen LogP contribution is -2.52. The van der Waals surface area contributed by atoms with Crippen molar-refractivity contribution >= 4 is 62.9 Å². The Balaban J connectivity index is 0.00000225. The number of hydrogen-bond acceptors (Lipinski definition) is 4. The Morgan fingerprint density at radius 2 is 2.00 bits per heavy atom. The number of anilines is 1. The van der Waals surface area contributed by atoms with Crippen molar-refractivity contribution in [2.45, 2.75) is 6.54 Å². The maximum atomic E-state index is 10.0. The minimum Gasteiger partial charge on any atom is -0.506 e. The summed E-state index contributed by atoms with van der Waals surface area (Å²) < 4.78 is 1.12. The zero-order chi connectivity index (χ0) is 16.9. The number of benzene rings is 1. The number of guanidine groups is 1. The van der Waals surface area contributed by atoms with Gasteiger partial charge in [0.2, 0.25) is 0 Å². The number of aromatic hydroxyl groups is 1. The second-order valence-corrected chi connectivity index (χ2v) is 7.51. The van der Waals surface area contributed by atoms with Crippen molar-refractivity contribution in [1.82, 2.24) is 10.2 Å². The molecule has 0 spiro atoms. The molecule has 2 aromatic rings. The molecule has 1 aliphatic rings. The quantitative estimate of drug-likeness (QED) is 0.356. The van der Waals surface area contributed by atoms with Gasteiger partial charge >= 0.3 is 0 Å². The van der Waals surface area contributed by atoms with E-state index >= 15 is 0 Å². The van der Waals surface area contributed by atoms with Gasteiger partial charge in [-0.3, -0.25) is 4.99 Å². The van der Waals surface area contributed by atoms with Gasteiger partial charge in [-0.2, -0.15) is 0 Å². The lowest BCUT2D eigenvalue weighted by molar-refractivity contribution is 0.370. The highest BCUT2D eigenvalue weighted by molar-refractivity contribution is 14.0. The van der Waals surface area contributed by atoms with Crippen LogP contribution >= 0.6 is 51.2 Å². The maximum absolute atomic E-state index is 10.0. The highest BCUT2D eigenvalue weighted by Gasteiger charge is 2.21. The SMILES string of the molecule is CN=C(NCc1cc(Br)cs1)N1CCN(c2ccccc2O)CC1.I. The van der Waals surface area contributed by atoms with E-state index in [-0.39, 0.29) is 24.0 Å². The van der Waals surface area contributed by atoms with Crippen LogP contribution in [0.1, 0.15) is 4.88 Å². The molecule has 1 aromatic carbocycles. The van der Waals surface area contributed by atoms with Gasteiger partial charge in [0.05, 0.1) is 12.2 Å². The smallest absolute Gasteiger partial charge is 0.194 e. The maximum Gasteiger partial charge on any atom is 0.194 e. The molecule has 1 aromatic heterocycles. The molecule has 2 N–H and O–H groups in total. The molecule has 8 heteroatoms. The molecule has 0 saturated carbocycles. The molecule has 0 radical (unpaired) electrons. The number of aliphatic imine (C=N–C) groups is 1. The number of thiophene rings is 1. The topological polar surface area (TPSA) is 51.1 Å². The van der Waals surface area contributed by atoms with Crippen LogP contribution < -0.4 is 10.2 Å². The summed E-state index contributed by atoms with van der Waals surface area (Å²) in [6.07, 6.45) is 0. The molecule has 0 bridgehead atoms. The van der Waals surface area contributed by atoms with Crippen molar-refractivity contribution in [2.24, 2.45) is 4.99 Å². The van der Waals surface area contributed by atoms with Crippen molar-refractivity contribution in [3.05, 3.63) is 45.1 Å². The number of halogens is 2. The normalized spacial score (nSPS) is 15.0. The minimum atomic E-state index is 0. The van der Waals surface area contributed by atoms with Gasteiger partial charge in [0.15, 0.2) is 5.96 Å². The van der Waals surface area contributed by atoms with Crippen molar-refractivity contribution < 1.29 is 5.11 Å². The van der Waals surface area contributed by atoms with Crippen molar-refractivity contribution in [3.63, 3.8) is 0 Å². The van der Waals surface area contributed by atoms with Gasteiger partial charge < -0.3 is 20.2 Å². The van der Waals surface area contributed by atoms with Gasteiger partial charge in [-0.05, 0) is 34.1 Å². The number of rotatable bonds is 3. The number of nitrogens with one attached hydrogen (secondary N) is 1. The summed E-state index contributed by atoms with van der Waals surface area (Å²) in [5, 5.41) is 15.5. The summed E-state index contributed by atoms with van der Waals surface area (Å²) in [6, 6.07) is 9.64. The van der Waals surface area contributed by atoms with E-state index in [4.69, 9.17) is 0 Å². The fourth-order valence-electron chi connectivity index (χ4n) is 2.84. The van der Waals surface area contributed by atoms with Gasteiger partial charge in [0, 0.05) is 48.0 Å². The van der Waals surface area contributed by atoms with E-state index in [0.717, 1.165) is 48.8 Å². The second kappa shape index (κ2) is 9.63. The van der Waals surface area contributed by atoms with Crippen LogP contribution in [0.4, 0.5) is 5.69 Å². The number of hydrogen-bond donors (Lipinski definition) is 2. The Kier molecular flexibility index (Phi) is 7.82. The van der Waals surface area contributed by atoms with Gasteiger partial charge in [-0.15, -0.1) is 35.3 Å². The molecule has 1 aliphatic heterocycles. The summed E-state index contributed by atoms with van der Waals surface area (Å²) in [5.74, 6) is 1.27. The third-order valence-electron chi connectivity index (χ3n) is 4.06. The molecular formula is C17H22BrIN4OS. The first-order valence-electron chi connectivity index (χ1n) is 7.89. The highest BCUT2D eigenvalue weighted by atomic mass is 127. The van der Waals surface area contributed by atoms with Crippen LogP contribution in [0.2, 0.25) is 0 Å². The summed E-state index contributed by atoms with van der Waals surface area (Å²) in [4.78, 5) is 10.2. The average molecular weight is 537 g/mol. The number of para-hydroxylation sites is 2. The molecule has 0 amide bonds. The first kappa shape index (κ1) is 20.3. The molecule has 0 aliphatic carbocycles. The molecular weight excluding hydrogens is 515 g/mol. The van der Waals surface area contributed by atoms with E-state index in [1.807, 2.05) is 25.2 Å². The Morgan fingerprint density at radius 3 is 2.60 bits per heavy atom. The summed E-state index contributed by atoms with van der Waals surface area (Å²) >= 11 is 5.21. The predicted octanol–water partition coefficient (Wildman–Crippen LogP) is 3.73. The van der Waals surface area contributed by atoms with Gasteiger partial charge in [-0.1, -0.05) is 12.1 Å². The van der Waals surface area contributed by atoms with Gasteiger partial charge in [0.25, 0.3) is 0 Å². The first-order chi connectivity index (χ1) is 11.7. The molecule has 1 fully saturated rings. The largest absolute Gasteiger partial charge is 0.506 e. The molecule has 136 valence electrons. The Bertz CT molecular complexity index is 716. The number of phenolic OH excluding ortho intramolecular Hbond substituents is 1. The molecule has 3 rings (SSSR count). The lowest BCUT2D eigenvalue weighted by atomic mass is 10.2. The van der Waals surface area contributed by atoms with Crippen LogP contribution in [0.3, 0.4) is 0 Å². The van der Waals surface area contributed by atoms with Crippen LogP contribution in [-0.2, 0) is 6.54 Å². The van der Waals surface area contributed by atoms with E-state index in [1.165, 1.54) is 4.88 Å². The van der Waals surface area contributed by atoms with Crippen LogP contribution in [0.25, 0.3) is 0 Å². The van der Waals surface area contributed by atoms with Crippen molar-refractivity contribution in [2.75, 3.05) is 38.1 Å². The number of phenols is 1. The van der Waals surface area contributed by atoms with Crippen LogP contribution in [-0.4, -0.2) is 49.2 Å². The van der Waals surface area contributed by atoms with Crippen LogP contribution in [0, 0.1) is 0 Å². The van der Waals surface area contributed by atoms with Crippen molar-refractivity contribution in [1.29, 1.82) is 0 Å². The van der Waals surface area contributed by atoms with Crippen LogP contribution in [0.5, 0.6) is 5.75 Å². The van der Waals surface area contributed by atoms with Gasteiger partial charge in [0.1, 0.15) is 5.75 Å². The highest BCUT2D eigenvalue weighted by Crippen LogP contribution is 2.27. The minimum absolute atomic E-state index is 0. The molecule has 25 heavy (non-hydrogen) atoms. The summed E-state index contributed by atoms with van der Waals surface area (Å²) in [7, 11) is 1.82. The third-order valence-corrected chi connectivity index (χ3v) is 5.75. The zero-order valence-corrected chi connectivity index (χ0v) is 18.7. The zero-order valence-electron chi connectivity index (χ0n) is 14.0. The molecule has 5 nitrogen and oxygen atoms in total. The summed E-state index contributed by atoms with van der Waals surface area (Å²) in [6.45, 7) is 4.26. The molecule has 0 unspecified atom stereocenters. The molecule has 2 heterocycles. The van der Waals surface area contributed by atoms with E-state index < -0.39 is 0 Å². The van der Waals surface area contributed by atoms with E-state index in [0.29, 0.717) is 5.75 Å². The monoisotopic (exact) mass is 536 g/mol. The Labute approximate surface area is 177 Å². The average Bonchev–Trinajstić information content (AvgIpc) is 3.02. The number of piperazine rings is 1. The fourth-order valence-corrected chi connectivity index (χ4v) is 4.23. The van der Waals surface area contributed by atoms with Crippen molar-refractivity contribution in [3.8, 4) is 5.75 Å². The lowest BCUT2D eigenvalue weighted by Gasteiger charge is -2.37. The van der Waals surface area contributed by atoms with Crippen LogP contribution in [0.15, 0.2) is 45.2 Å². The molecule has 0 atom stereocenters. The first-order valence-corrected chi connectivity index (χ1v) is 9.56. The molecule has 1 saturated heterocycles. The standard InChI is InChI=1S/C17H21BrN4OS.HI/c1-19-17(20-11-14-10-13(18)12-24-14)22-8-6-21(7-9-22)15-4-2-3-5-16(15)23;/h2-5,10,12,23H,6-9,11H2,1H3,(H,19,20);1H.